The number of benzene rings is 9. The summed E-state index contributed by atoms with van der Waals surface area (Å²) in [6, 6.07) is 73.2. The molecule has 0 fully saturated rings. The number of fused-ring (bicyclic) bond motifs is 9. The van der Waals surface area contributed by atoms with Crippen LogP contribution in [0.25, 0.3) is 110 Å². The number of hydrogen-bond donors (Lipinski definition) is 0. The SMILES string of the molecule is CCCc1cccc(-c2ccc(-c3ccccc3-n3c4ccccc4c4cc(-c5ccc6c(c5)c5ccccc5n6-c5ccc6oc7ccccc7c6c5)ccc43)cc2)c1. The first-order chi connectivity index (χ1) is 29.7. The molecular formula is C57H40N2O. The zero-order valence-corrected chi connectivity index (χ0v) is 33.3. The fourth-order valence-electron chi connectivity index (χ4n) is 9.65. The minimum atomic E-state index is 0.904. The molecule has 0 spiro atoms. The van der Waals surface area contributed by atoms with Crippen molar-refractivity contribution in [2.24, 2.45) is 0 Å². The van der Waals surface area contributed by atoms with E-state index in [1.807, 2.05) is 12.1 Å². The Morgan fingerprint density at radius 3 is 1.68 bits per heavy atom. The molecule has 0 aliphatic rings. The first-order valence-electron chi connectivity index (χ1n) is 21.0. The van der Waals surface area contributed by atoms with Gasteiger partial charge in [-0.15, -0.1) is 0 Å². The third kappa shape index (κ3) is 5.43. The van der Waals surface area contributed by atoms with E-state index in [1.165, 1.54) is 88.2 Å². The molecule has 0 unspecified atom stereocenters. The molecule has 0 aliphatic carbocycles. The van der Waals surface area contributed by atoms with Crippen molar-refractivity contribution >= 4 is 65.6 Å². The van der Waals surface area contributed by atoms with Gasteiger partial charge in [-0.1, -0.05) is 147 Å². The second-order valence-electron chi connectivity index (χ2n) is 16.0. The van der Waals surface area contributed by atoms with Crippen molar-refractivity contribution < 1.29 is 4.42 Å². The molecule has 284 valence electrons. The first kappa shape index (κ1) is 34.4. The van der Waals surface area contributed by atoms with Crippen LogP contribution < -0.4 is 0 Å². The van der Waals surface area contributed by atoms with E-state index in [0.717, 1.165) is 40.5 Å². The van der Waals surface area contributed by atoms with E-state index < -0.39 is 0 Å². The van der Waals surface area contributed by atoms with Gasteiger partial charge in [0.15, 0.2) is 0 Å². The quantitative estimate of drug-likeness (QED) is 0.158. The van der Waals surface area contributed by atoms with Gasteiger partial charge in [-0.05, 0) is 107 Å². The molecule has 3 aromatic heterocycles. The fourth-order valence-corrected chi connectivity index (χ4v) is 9.65. The Kier molecular flexibility index (Phi) is 7.89. The zero-order chi connectivity index (χ0) is 39.7. The Hall–Kier alpha value is -7.62. The molecule has 0 saturated carbocycles. The topological polar surface area (TPSA) is 23.0 Å². The first-order valence-corrected chi connectivity index (χ1v) is 21.0. The summed E-state index contributed by atoms with van der Waals surface area (Å²) in [4.78, 5) is 0. The lowest BCUT2D eigenvalue weighted by Crippen LogP contribution is -1.97. The van der Waals surface area contributed by atoms with Crippen LogP contribution in [0.5, 0.6) is 0 Å². The third-order valence-corrected chi connectivity index (χ3v) is 12.4. The number of hydrogen-bond acceptors (Lipinski definition) is 1. The van der Waals surface area contributed by atoms with Crippen LogP contribution in [-0.4, -0.2) is 9.13 Å². The molecule has 0 bridgehead atoms. The third-order valence-electron chi connectivity index (χ3n) is 12.4. The van der Waals surface area contributed by atoms with Crippen LogP contribution in [0, 0.1) is 0 Å². The molecule has 0 radical (unpaired) electrons. The largest absolute Gasteiger partial charge is 0.456 e. The highest BCUT2D eigenvalue weighted by Gasteiger charge is 2.19. The Labute approximate surface area is 348 Å². The van der Waals surface area contributed by atoms with Crippen molar-refractivity contribution in [2.75, 3.05) is 0 Å². The van der Waals surface area contributed by atoms with Gasteiger partial charge in [0.25, 0.3) is 0 Å². The van der Waals surface area contributed by atoms with Gasteiger partial charge in [0, 0.05) is 43.6 Å². The highest BCUT2D eigenvalue weighted by molar-refractivity contribution is 6.13. The number of nitrogens with zero attached hydrogens (tertiary/aromatic N) is 2. The molecule has 3 heterocycles. The van der Waals surface area contributed by atoms with Crippen LogP contribution in [0.15, 0.2) is 205 Å². The summed E-state index contributed by atoms with van der Waals surface area (Å²) in [5.74, 6) is 0. The minimum Gasteiger partial charge on any atom is -0.456 e. The highest BCUT2D eigenvalue weighted by Crippen LogP contribution is 2.41. The van der Waals surface area contributed by atoms with Gasteiger partial charge in [-0.25, -0.2) is 0 Å². The Morgan fingerprint density at radius 2 is 0.933 bits per heavy atom. The predicted octanol–water partition coefficient (Wildman–Crippen LogP) is 15.7. The Balaban J connectivity index is 0.966. The minimum absolute atomic E-state index is 0.904. The lowest BCUT2D eigenvalue weighted by molar-refractivity contribution is 0.669. The van der Waals surface area contributed by atoms with Crippen molar-refractivity contribution in [3.8, 4) is 44.8 Å². The van der Waals surface area contributed by atoms with Crippen LogP contribution >= 0.6 is 0 Å². The van der Waals surface area contributed by atoms with Gasteiger partial charge in [0.2, 0.25) is 0 Å². The summed E-state index contributed by atoms with van der Waals surface area (Å²) in [6.07, 6.45) is 2.25. The Morgan fingerprint density at radius 1 is 0.367 bits per heavy atom. The van der Waals surface area contributed by atoms with Crippen molar-refractivity contribution in [1.82, 2.24) is 9.13 Å². The number of rotatable bonds is 7. The molecule has 3 heteroatoms. The molecule has 12 aromatic rings. The molecule has 60 heavy (non-hydrogen) atoms. The monoisotopic (exact) mass is 768 g/mol. The van der Waals surface area contributed by atoms with Crippen molar-refractivity contribution in [3.63, 3.8) is 0 Å². The van der Waals surface area contributed by atoms with Gasteiger partial charge in [-0.3, -0.25) is 0 Å². The van der Waals surface area contributed by atoms with E-state index in [1.54, 1.807) is 0 Å². The number of aromatic nitrogens is 2. The summed E-state index contributed by atoms with van der Waals surface area (Å²) >= 11 is 0. The van der Waals surface area contributed by atoms with E-state index in [4.69, 9.17) is 4.42 Å². The normalized spacial score (nSPS) is 11.9. The lowest BCUT2D eigenvalue weighted by atomic mass is 9.97. The summed E-state index contributed by atoms with van der Waals surface area (Å²) in [6.45, 7) is 2.24. The van der Waals surface area contributed by atoms with Gasteiger partial charge in [0.1, 0.15) is 11.2 Å². The molecule has 0 saturated heterocycles. The van der Waals surface area contributed by atoms with Crippen molar-refractivity contribution in [3.05, 3.63) is 206 Å². The maximum Gasteiger partial charge on any atom is 0.135 e. The standard InChI is InChI=1S/C57H40N2O/c1-2-12-37-13-11-14-40(33-37)38-23-25-39(26-24-38)44-15-3-7-19-51(44)59-53-21-9-5-17-46(53)49-35-42(28-31-55(49)59)41-27-30-54-48(34-41)45-16-4-8-20-52(45)58(54)43-29-32-57-50(36-43)47-18-6-10-22-56(47)60-57/h3-11,13-36H,2,12H2,1H3. The fraction of sp³-hybridized carbons (Fsp3) is 0.0526. The summed E-state index contributed by atoms with van der Waals surface area (Å²) < 4.78 is 11.0. The second kappa shape index (κ2) is 13.8. The van der Waals surface area contributed by atoms with E-state index >= 15 is 0 Å². The summed E-state index contributed by atoms with van der Waals surface area (Å²) in [5.41, 5.74) is 17.6. The Bertz CT molecular complexity index is 3620. The van der Waals surface area contributed by atoms with E-state index in [2.05, 4.69) is 204 Å². The number of para-hydroxylation sites is 4. The number of furan rings is 1. The molecule has 3 nitrogen and oxygen atoms in total. The highest BCUT2D eigenvalue weighted by atomic mass is 16.3. The smallest absolute Gasteiger partial charge is 0.135 e. The molecule has 0 aliphatic heterocycles. The van der Waals surface area contributed by atoms with Crippen LogP contribution in [0.4, 0.5) is 0 Å². The van der Waals surface area contributed by atoms with Crippen molar-refractivity contribution in [2.45, 2.75) is 19.8 Å². The van der Waals surface area contributed by atoms with E-state index in [9.17, 15) is 0 Å². The molecule has 0 N–H and O–H groups in total. The molecular weight excluding hydrogens is 729 g/mol. The lowest BCUT2D eigenvalue weighted by Gasteiger charge is -2.15. The van der Waals surface area contributed by atoms with Crippen LogP contribution in [-0.2, 0) is 6.42 Å². The van der Waals surface area contributed by atoms with Crippen LogP contribution in [0.2, 0.25) is 0 Å². The van der Waals surface area contributed by atoms with Gasteiger partial charge >= 0.3 is 0 Å². The van der Waals surface area contributed by atoms with E-state index in [-0.39, 0.29) is 0 Å². The molecule has 0 atom stereocenters. The maximum atomic E-state index is 6.19. The van der Waals surface area contributed by atoms with E-state index in [0.29, 0.717) is 0 Å². The average molecular weight is 769 g/mol. The molecule has 12 rings (SSSR count). The van der Waals surface area contributed by atoms with Gasteiger partial charge < -0.3 is 13.6 Å². The van der Waals surface area contributed by atoms with Crippen LogP contribution in [0.3, 0.4) is 0 Å². The molecule has 9 aromatic carbocycles. The summed E-state index contributed by atoms with van der Waals surface area (Å²) in [5, 5.41) is 7.21. The zero-order valence-electron chi connectivity index (χ0n) is 33.3. The molecule has 0 amide bonds. The summed E-state index contributed by atoms with van der Waals surface area (Å²) in [7, 11) is 0. The second-order valence-corrected chi connectivity index (χ2v) is 16.0. The maximum absolute atomic E-state index is 6.19. The van der Waals surface area contributed by atoms with Crippen molar-refractivity contribution in [1.29, 1.82) is 0 Å². The van der Waals surface area contributed by atoms with Crippen LogP contribution in [0.1, 0.15) is 18.9 Å². The average Bonchev–Trinajstić information content (AvgIpc) is 3.96. The van der Waals surface area contributed by atoms with Gasteiger partial charge in [-0.2, -0.15) is 0 Å². The predicted molar refractivity (Wildman–Crippen MR) is 253 cm³/mol. The van der Waals surface area contributed by atoms with Gasteiger partial charge in [0.05, 0.1) is 27.8 Å². The number of aryl methyl sites for hydroxylation is 1.